The molecular formula is C24H34O4. The minimum atomic E-state index is -0.342. The maximum absolute atomic E-state index is 13.1. The van der Waals surface area contributed by atoms with Gasteiger partial charge < -0.3 is 14.2 Å². The van der Waals surface area contributed by atoms with Gasteiger partial charge in [0.1, 0.15) is 12.7 Å². The van der Waals surface area contributed by atoms with Gasteiger partial charge in [-0.05, 0) is 100 Å². The first-order chi connectivity index (χ1) is 13.6. The average molecular weight is 387 g/mol. The molecule has 1 saturated heterocycles. The Labute approximate surface area is 168 Å². The molecule has 1 heterocycles. The molecule has 4 nitrogen and oxygen atoms in total. The van der Waals surface area contributed by atoms with Crippen molar-refractivity contribution in [3.05, 3.63) is 0 Å². The third-order valence-electron chi connectivity index (χ3n) is 9.99. The molecule has 1 atom stereocenters. The summed E-state index contributed by atoms with van der Waals surface area (Å²) in [6.45, 7) is 1.01. The SMILES string of the molecule is O=C(OCC1COC2(O1)C1CC3CC(C1)CC2C3)C12CC3CC(CC(C3)C1)C2. The zero-order chi connectivity index (χ0) is 18.5. The highest BCUT2D eigenvalue weighted by Crippen LogP contribution is 2.62. The minimum absolute atomic E-state index is 0.0598. The van der Waals surface area contributed by atoms with Gasteiger partial charge in [0.05, 0.1) is 12.0 Å². The Bertz CT molecular complexity index is 621. The molecule has 8 bridgehead atoms. The predicted octanol–water partition coefficient (Wildman–Crippen LogP) is 4.31. The average Bonchev–Trinajstić information content (AvgIpc) is 3.08. The van der Waals surface area contributed by atoms with Crippen LogP contribution in [0.2, 0.25) is 0 Å². The number of hydrogen-bond acceptors (Lipinski definition) is 4. The van der Waals surface area contributed by atoms with E-state index in [1.54, 1.807) is 0 Å². The molecule has 154 valence electrons. The molecule has 0 radical (unpaired) electrons. The summed E-state index contributed by atoms with van der Waals surface area (Å²) in [7, 11) is 0. The van der Waals surface area contributed by atoms with Gasteiger partial charge in [-0.15, -0.1) is 0 Å². The highest BCUT2D eigenvalue weighted by Gasteiger charge is 2.62. The Kier molecular flexibility index (Phi) is 3.51. The summed E-state index contributed by atoms with van der Waals surface area (Å²) in [4.78, 5) is 13.1. The van der Waals surface area contributed by atoms with Crippen molar-refractivity contribution in [3.63, 3.8) is 0 Å². The van der Waals surface area contributed by atoms with Gasteiger partial charge >= 0.3 is 5.97 Å². The molecule has 1 aliphatic heterocycles. The van der Waals surface area contributed by atoms with E-state index in [0.717, 1.165) is 48.9 Å². The highest BCUT2D eigenvalue weighted by atomic mass is 16.8. The number of carbonyl (C=O) groups excluding carboxylic acids is 1. The van der Waals surface area contributed by atoms with Crippen LogP contribution < -0.4 is 0 Å². The molecule has 0 N–H and O–H groups in total. The lowest BCUT2D eigenvalue weighted by Crippen LogP contribution is -2.58. The van der Waals surface area contributed by atoms with Crippen molar-refractivity contribution in [2.75, 3.05) is 13.2 Å². The minimum Gasteiger partial charge on any atom is -0.462 e. The summed E-state index contributed by atoms with van der Waals surface area (Å²) >= 11 is 0. The summed E-state index contributed by atoms with van der Waals surface area (Å²) in [6, 6.07) is 0. The van der Waals surface area contributed by atoms with E-state index in [-0.39, 0.29) is 23.3 Å². The third kappa shape index (κ3) is 2.34. The molecule has 0 aromatic carbocycles. The number of carbonyl (C=O) groups is 1. The third-order valence-corrected chi connectivity index (χ3v) is 9.99. The first-order valence-corrected chi connectivity index (χ1v) is 12.1. The van der Waals surface area contributed by atoms with E-state index in [0.29, 0.717) is 25.0 Å². The van der Waals surface area contributed by atoms with Crippen molar-refractivity contribution >= 4 is 5.97 Å². The largest absolute Gasteiger partial charge is 0.462 e. The number of rotatable bonds is 3. The molecule has 1 spiro atoms. The van der Waals surface area contributed by atoms with E-state index in [1.165, 1.54) is 51.4 Å². The van der Waals surface area contributed by atoms with Crippen molar-refractivity contribution in [2.24, 2.45) is 46.8 Å². The normalized spacial score (nSPS) is 58.0. The van der Waals surface area contributed by atoms with Crippen LogP contribution in [0.5, 0.6) is 0 Å². The van der Waals surface area contributed by atoms with E-state index >= 15 is 0 Å². The quantitative estimate of drug-likeness (QED) is 0.678. The number of ether oxygens (including phenoxy) is 3. The van der Waals surface area contributed by atoms with Gasteiger partial charge in [-0.1, -0.05) is 0 Å². The van der Waals surface area contributed by atoms with Crippen LogP contribution in [0.25, 0.3) is 0 Å². The molecule has 0 aromatic rings. The molecule has 9 fully saturated rings. The van der Waals surface area contributed by atoms with E-state index in [1.807, 2.05) is 0 Å². The zero-order valence-corrected chi connectivity index (χ0v) is 16.9. The van der Waals surface area contributed by atoms with E-state index < -0.39 is 0 Å². The second-order valence-electron chi connectivity index (χ2n) is 11.9. The number of esters is 1. The van der Waals surface area contributed by atoms with Crippen molar-refractivity contribution in [2.45, 2.75) is 82.5 Å². The first kappa shape index (κ1) is 17.1. The van der Waals surface area contributed by atoms with Gasteiger partial charge in [-0.25, -0.2) is 0 Å². The fourth-order valence-electron chi connectivity index (χ4n) is 9.59. The summed E-state index contributed by atoms with van der Waals surface area (Å²) in [5, 5.41) is 0. The zero-order valence-electron chi connectivity index (χ0n) is 16.9. The summed E-state index contributed by atoms with van der Waals surface area (Å²) < 4.78 is 18.9. The van der Waals surface area contributed by atoms with Crippen LogP contribution in [0.3, 0.4) is 0 Å². The molecule has 9 rings (SSSR count). The van der Waals surface area contributed by atoms with Crippen LogP contribution >= 0.6 is 0 Å². The van der Waals surface area contributed by atoms with Crippen LogP contribution in [0.4, 0.5) is 0 Å². The second kappa shape index (κ2) is 5.75. The molecule has 9 aliphatic rings. The topological polar surface area (TPSA) is 44.8 Å². The van der Waals surface area contributed by atoms with E-state index in [2.05, 4.69) is 0 Å². The Morgan fingerprint density at radius 2 is 1.32 bits per heavy atom. The van der Waals surface area contributed by atoms with Gasteiger partial charge in [-0.3, -0.25) is 4.79 Å². The lowest BCUT2D eigenvalue weighted by Gasteiger charge is -2.58. The first-order valence-electron chi connectivity index (χ1n) is 12.1. The Balaban J connectivity index is 1.01. The lowest BCUT2D eigenvalue weighted by atomic mass is 9.49. The van der Waals surface area contributed by atoms with E-state index in [4.69, 9.17) is 14.2 Å². The van der Waals surface area contributed by atoms with Crippen molar-refractivity contribution in [1.29, 1.82) is 0 Å². The summed E-state index contributed by atoms with van der Waals surface area (Å²) in [5.41, 5.74) is -0.158. The Hall–Kier alpha value is -0.610. The fourth-order valence-corrected chi connectivity index (χ4v) is 9.59. The lowest BCUT2D eigenvalue weighted by molar-refractivity contribution is -0.295. The van der Waals surface area contributed by atoms with Crippen molar-refractivity contribution < 1.29 is 19.0 Å². The Morgan fingerprint density at radius 1 is 0.786 bits per heavy atom. The Morgan fingerprint density at radius 3 is 1.89 bits per heavy atom. The van der Waals surface area contributed by atoms with Crippen LogP contribution in [0.15, 0.2) is 0 Å². The molecule has 8 aliphatic carbocycles. The second-order valence-corrected chi connectivity index (χ2v) is 11.9. The molecule has 1 unspecified atom stereocenters. The van der Waals surface area contributed by atoms with Crippen LogP contribution in [-0.2, 0) is 19.0 Å². The van der Waals surface area contributed by atoms with Gasteiger partial charge in [0.25, 0.3) is 0 Å². The smallest absolute Gasteiger partial charge is 0.312 e. The monoisotopic (exact) mass is 386 g/mol. The molecule has 4 heteroatoms. The van der Waals surface area contributed by atoms with Crippen LogP contribution in [0.1, 0.15) is 70.6 Å². The van der Waals surface area contributed by atoms with Gasteiger partial charge in [0, 0.05) is 11.8 Å². The standard InChI is InChI=1S/C24H34O4/c25-22(23-9-16-2-17(10-23)4-18(3-16)11-23)26-12-21-13-27-24(28-21)19-5-14-1-15(7-19)8-20(24)6-14/h14-21H,1-13H2. The molecular weight excluding hydrogens is 352 g/mol. The summed E-state index contributed by atoms with van der Waals surface area (Å²) in [5.74, 6) is 5.05. The van der Waals surface area contributed by atoms with Gasteiger partial charge in [-0.2, -0.15) is 0 Å². The maximum Gasteiger partial charge on any atom is 0.312 e. The number of hydrogen-bond donors (Lipinski definition) is 0. The fraction of sp³-hybridized carbons (Fsp3) is 0.958. The van der Waals surface area contributed by atoms with Crippen LogP contribution in [0, 0.1) is 46.8 Å². The molecule has 8 saturated carbocycles. The molecule has 0 amide bonds. The predicted molar refractivity (Wildman–Crippen MR) is 102 cm³/mol. The van der Waals surface area contributed by atoms with Crippen molar-refractivity contribution in [3.8, 4) is 0 Å². The van der Waals surface area contributed by atoms with Crippen molar-refractivity contribution in [1.82, 2.24) is 0 Å². The maximum atomic E-state index is 13.1. The van der Waals surface area contributed by atoms with E-state index in [9.17, 15) is 4.79 Å². The van der Waals surface area contributed by atoms with Gasteiger partial charge in [0.2, 0.25) is 0 Å². The highest BCUT2D eigenvalue weighted by molar-refractivity contribution is 5.77. The van der Waals surface area contributed by atoms with Crippen LogP contribution in [-0.4, -0.2) is 31.1 Å². The summed E-state index contributed by atoms with van der Waals surface area (Å²) in [6.07, 6.45) is 13.8. The molecule has 0 aromatic heterocycles. The van der Waals surface area contributed by atoms with Gasteiger partial charge in [0.15, 0.2) is 5.79 Å². The molecule has 28 heavy (non-hydrogen) atoms.